The van der Waals surface area contributed by atoms with Crippen LogP contribution in [0, 0.1) is 11.6 Å². The van der Waals surface area contributed by atoms with Crippen LogP contribution in [-0.4, -0.2) is 38.5 Å². The van der Waals surface area contributed by atoms with E-state index in [1.54, 1.807) is 12.1 Å². The van der Waals surface area contributed by atoms with Crippen LogP contribution in [0.15, 0.2) is 59.0 Å². The third-order valence-electron chi connectivity index (χ3n) is 6.43. The van der Waals surface area contributed by atoms with Gasteiger partial charge < -0.3 is 19.8 Å². The SMILES string of the molecule is CNC(=O)c1c(-c2ccc(F)cc2)oc2cc(CS(=O)(=O)Nc3ccc(B(O)O)c(F)c3)c(C3CC3)cc12. The van der Waals surface area contributed by atoms with Gasteiger partial charge in [0.25, 0.3) is 5.91 Å². The van der Waals surface area contributed by atoms with Crippen LogP contribution >= 0.6 is 0 Å². The average Bonchev–Trinajstić information content (AvgIpc) is 3.63. The minimum atomic E-state index is -4.02. The molecule has 1 heterocycles. The molecule has 1 amide bonds. The lowest BCUT2D eigenvalue weighted by atomic mass is 9.80. The zero-order valence-electron chi connectivity index (χ0n) is 20.2. The molecule has 0 saturated heterocycles. The Morgan fingerprint density at radius 1 is 1.08 bits per heavy atom. The second-order valence-electron chi connectivity index (χ2n) is 9.18. The van der Waals surface area contributed by atoms with E-state index in [-0.39, 0.29) is 28.4 Å². The lowest BCUT2D eigenvalue weighted by Crippen LogP contribution is -2.32. The van der Waals surface area contributed by atoms with Crippen LogP contribution in [0.1, 0.15) is 40.2 Å². The van der Waals surface area contributed by atoms with Crippen molar-refractivity contribution in [2.24, 2.45) is 0 Å². The summed E-state index contributed by atoms with van der Waals surface area (Å²) < 4.78 is 62.1. The van der Waals surface area contributed by atoms with Gasteiger partial charge in [-0.3, -0.25) is 9.52 Å². The second kappa shape index (κ2) is 9.86. The van der Waals surface area contributed by atoms with Crippen molar-refractivity contribution in [2.45, 2.75) is 24.5 Å². The number of carbonyl (C=O) groups is 1. The van der Waals surface area contributed by atoms with E-state index in [2.05, 4.69) is 10.0 Å². The van der Waals surface area contributed by atoms with Crippen LogP contribution < -0.4 is 15.5 Å². The van der Waals surface area contributed by atoms with Crippen molar-refractivity contribution in [1.82, 2.24) is 5.32 Å². The summed E-state index contributed by atoms with van der Waals surface area (Å²) in [6.07, 6.45) is 1.72. The van der Waals surface area contributed by atoms with Crippen LogP contribution in [0.4, 0.5) is 14.5 Å². The minimum absolute atomic E-state index is 0.0700. The van der Waals surface area contributed by atoms with E-state index in [0.717, 1.165) is 30.5 Å². The molecule has 1 aromatic heterocycles. The summed E-state index contributed by atoms with van der Waals surface area (Å²) in [5.74, 6) is -1.89. The highest BCUT2D eigenvalue weighted by atomic mass is 32.2. The van der Waals surface area contributed by atoms with Crippen molar-refractivity contribution in [1.29, 1.82) is 0 Å². The summed E-state index contributed by atoms with van der Waals surface area (Å²) in [5, 5.41) is 21.5. The van der Waals surface area contributed by atoms with Gasteiger partial charge in [0, 0.05) is 23.5 Å². The van der Waals surface area contributed by atoms with Crippen molar-refractivity contribution in [3.8, 4) is 11.3 Å². The van der Waals surface area contributed by atoms with Gasteiger partial charge in [-0.15, -0.1) is 0 Å². The maximum Gasteiger partial charge on any atom is 0.491 e. The van der Waals surface area contributed by atoms with Gasteiger partial charge in [-0.25, -0.2) is 17.2 Å². The fourth-order valence-corrected chi connectivity index (χ4v) is 5.69. The van der Waals surface area contributed by atoms with E-state index < -0.39 is 40.4 Å². The Labute approximate surface area is 217 Å². The maximum absolute atomic E-state index is 14.1. The van der Waals surface area contributed by atoms with Gasteiger partial charge in [0.1, 0.15) is 23.0 Å². The smallest absolute Gasteiger partial charge is 0.455 e. The molecule has 0 atom stereocenters. The monoisotopic (exact) mass is 540 g/mol. The Hall–Kier alpha value is -3.74. The number of rotatable bonds is 8. The zero-order valence-corrected chi connectivity index (χ0v) is 21.0. The van der Waals surface area contributed by atoms with E-state index in [1.807, 2.05) is 0 Å². The minimum Gasteiger partial charge on any atom is -0.455 e. The summed E-state index contributed by atoms with van der Waals surface area (Å²) >= 11 is 0. The van der Waals surface area contributed by atoms with Crippen molar-refractivity contribution in [2.75, 3.05) is 11.8 Å². The number of anilines is 1. The molecule has 0 radical (unpaired) electrons. The first-order valence-electron chi connectivity index (χ1n) is 11.8. The van der Waals surface area contributed by atoms with Gasteiger partial charge in [0.05, 0.1) is 17.0 Å². The summed E-state index contributed by atoms with van der Waals surface area (Å²) in [6.45, 7) is 0. The fraction of sp³-hybridized carbons (Fsp3) is 0.192. The van der Waals surface area contributed by atoms with Gasteiger partial charge in [0.2, 0.25) is 10.0 Å². The lowest BCUT2D eigenvalue weighted by Gasteiger charge is -2.13. The lowest BCUT2D eigenvalue weighted by molar-refractivity contribution is 0.0964. The normalized spacial score (nSPS) is 13.5. The topological polar surface area (TPSA) is 129 Å². The number of hydrogen-bond acceptors (Lipinski definition) is 6. The highest BCUT2D eigenvalue weighted by Crippen LogP contribution is 2.45. The van der Waals surface area contributed by atoms with Crippen LogP contribution in [0.25, 0.3) is 22.3 Å². The third-order valence-corrected chi connectivity index (χ3v) is 7.66. The van der Waals surface area contributed by atoms with E-state index in [4.69, 9.17) is 4.42 Å². The number of sulfonamides is 1. The molecule has 4 N–H and O–H groups in total. The molecular formula is C26H23BF2N2O6S. The molecule has 0 unspecified atom stereocenters. The molecule has 5 rings (SSSR count). The molecule has 3 aromatic carbocycles. The van der Waals surface area contributed by atoms with Crippen molar-refractivity contribution >= 4 is 45.2 Å². The Kier molecular flexibility index (Phi) is 6.72. The van der Waals surface area contributed by atoms with Crippen LogP contribution in [-0.2, 0) is 15.8 Å². The van der Waals surface area contributed by atoms with E-state index in [1.165, 1.54) is 37.4 Å². The van der Waals surface area contributed by atoms with Gasteiger partial charge in [-0.05, 0) is 78.4 Å². The summed E-state index contributed by atoms with van der Waals surface area (Å²) in [5.41, 5.74) is 1.84. The Balaban J connectivity index is 1.55. The molecule has 4 aromatic rings. The molecule has 8 nitrogen and oxygen atoms in total. The van der Waals surface area contributed by atoms with Crippen LogP contribution in [0.5, 0.6) is 0 Å². The molecule has 0 aliphatic heterocycles. The predicted molar refractivity (Wildman–Crippen MR) is 139 cm³/mol. The van der Waals surface area contributed by atoms with E-state index >= 15 is 0 Å². The van der Waals surface area contributed by atoms with Crippen LogP contribution in [0.2, 0.25) is 0 Å². The fourth-order valence-electron chi connectivity index (χ4n) is 4.48. The molecular weight excluding hydrogens is 517 g/mol. The van der Waals surface area contributed by atoms with Crippen molar-refractivity contribution in [3.05, 3.63) is 82.9 Å². The summed E-state index contributed by atoms with van der Waals surface area (Å²) in [4.78, 5) is 12.8. The van der Waals surface area contributed by atoms with Crippen molar-refractivity contribution < 1.29 is 36.5 Å². The molecule has 1 fully saturated rings. The van der Waals surface area contributed by atoms with Gasteiger partial charge >= 0.3 is 7.12 Å². The van der Waals surface area contributed by atoms with E-state index in [0.29, 0.717) is 22.1 Å². The molecule has 0 spiro atoms. The van der Waals surface area contributed by atoms with E-state index in [9.17, 15) is 32.0 Å². The number of hydrogen-bond donors (Lipinski definition) is 4. The summed E-state index contributed by atoms with van der Waals surface area (Å²) in [6, 6.07) is 12.1. The third kappa shape index (κ3) is 5.15. The molecule has 1 aliphatic rings. The predicted octanol–water partition coefficient (Wildman–Crippen LogP) is 3.24. The molecule has 196 valence electrons. The average molecular weight is 540 g/mol. The highest BCUT2D eigenvalue weighted by Gasteiger charge is 2.31. The Morgan fingerprint density at radius 2 is 1.79 bits per heavy atom. The first-order chi connectivity index (χ1) is 18.1. The Bertz CT molecular complexity index is 1650. The number of halogens is 2. The molecule has 38 heavy (non-hydrogen) atoms. The standard InChI is InChI=1S/C26H23BF2N2O6S/c1-30-26(32)24-20-12-19(14-2-3-14)16(10-23(20)37-25(24)15-4-6-17(28)7-5-15)13-38(35,36)31-18-8-9-21(27(33)34)22(29)11-18/h4-12,14,31,33-34H,2-3,13H2,1H3,(H,30,32). The second-order valence-corrected chi connectivity index (χ2v) is 10.9. The zero-order chi connectivity index (χ0) is 27.2. The molecule has 0 bridgehead atoms. The van der Waals surface area contributed by atoms with Crippen LogP contribution in [0.3, 0.4) is 0 Å². The maximum atomic E-state index is 14.1. The number of fused-ring (bicyclic) bond motifs is 1. The summed E-state index contributed by atoms with van der Waals surface area (Å²) in [7, 11) is -4.56. The first kappa shape index (κ1) is 25.9. The van der Waals surface area contributed by atoms with Gasteiger partial charge in [0.15, 0.2) is 0 Å². The van der Waals surface area contributed by atoms with Crippen molar-refractivity contribution in [3.63, 3.8) is 0 Å². The van der Waals surface area contributed by atoms with Gasteiger partial charge in [-0.1, -0.05) is 6.07 Å². The number of nitrogens with one attached hydrogen (secondary N) is 2. The largest absolute Gasteiger partial charge is 0.491 e. The Morgan fingerprint density at radius 3 is 2.39 bits per heavy atom. The highest BCUT2D eigenvalue weighted by molar-refractivity contribution is 7.91. The first-order valence-corrected chi connectivity index (χ1v) is 13.4. The number of furan rings is 1. The number of amides is 1. The quantitative estimate of drug-likeness (QED) is 0.254. The molecule has 1 aliphatic carbocycles. The molecule has 12 heteroatoms. The molecule has 1 saturated carbocycles. The van der Waals surface area contributed by atoms with Gasteiger partial charge in [-0.2, -0.15) is 0 Å². The number of benzene rings is 3. The number of carbonyl (C=O) groups excluding carboxylic acids is 1.